The van der Waals surface area contributed by atoms with Crippen molar-refractivity contribution in [1.29, 1.82) is 0 Å². The molecule has 9 heteroatoms. The van der Waals surface area contributed by atoms with Crippen LogP contribution in [0.2, 0.25) is 5.02 Å². The number of benzene rings is 2. The Labute approximate surface area is 181 Å². The molecule has 1 fully saturated rings. The minimum atomic E-state index is -4.11. The van der Waals surface area contributed by atoms with Gasteiger partial charge in [-0.1, -0.05) is 23.7 Å². The molecule has 4 rings (SSSR count). The molecule has 0 unspecified atom stereocenters. The van der Waals surface area contributed by atoms with E-state index in [0.717, 1.165) is 42.5 Å². The van der Waals surface area contributed by atoms with Gasteiger partial charge in [-0.2, -0.15) is 0 Å². The standard InChI is InChI=1S/C20H18BrClF2N2O2S/c21-15-6-2-3-7-18(15)29(27,28)26-12-14(20(23)24)19-16(10-13(22)11-17(19)26)25-8-4-1-5-9-25/h2-3,6-7,10-12,20H,1,4-5,8-9H2. The first kappa shape index (κ1) is 20.6. The van der Waals surface area contributed by atoms with E-state index < -0.39 is 16.4 Å². The number of nitrogens with zero attached hydrogens (tertiary/aromatic N) is 2. The van der Waals surface area contributed by atoms with Gasteiger partial charge in [0.2, 0.25) is 0 Å². The van der Waals surface area contributed by atoms with E-state index in [4.69, 9.17) is 11.6 Å². The van der Waals surface area contributed by atoms with Gasteiger partial charge < -0.3 is 4.90 Å². The van der Waals surface area contributed by atoms with Gasteiger partial charge in [-0.3, -0.25) is 0 Å². The van der Waals surface area contributed by atoms with Gasteiger partial charge in [0.1, 0.15) is 4.90 Å². The molecule has 2 aromatic carbocycles. The minimum Gasteiger partial charge on any atom is -0.371 e. The number of hydrogen-bond donors (Lipinski definition) is 0. The van der Waals surface area contributed by atoms with Crippen molar-refractivity contribution in [2.24, 2.45) is 0 Å². The highest BCUT2D eigenvalue weighted by atomic mass is 79.9. The smallest absolute Gasteiger partial charge is 0.269 e. The molecule has 0 spiro atoms. The molecule has 4 nitrogen and oxygen atoms in total. The first-order valence-electron chi connectivity index (χ1n) is 9.18. The summed E-state index contributed by atoms with van der Waals surface area (Å²) in [5, 5.41) is 0.544. The van der Waals surface area contributed by atoms with E-state index in [1.807, 2.05) is 4.90 Å². The highest BCUT2D eigenvalue weighted by Crippen LogP contribution is 2.41. The van der Waals surface area contributed by atoms with Crippen LogP contribution in [0.15, 0.2) is 52.0 Å². The first-order valence-corrected chi connectivity index (χ1v) is 11.8. The average Bonchev–Trinajstić information content (AvgIpc) is 3.08. The third-order valence-corrected chi connectivity index (χ3v) is 8.05. The molecule has 0 atom stereocenters. The Kier molecular flexibility index (Phi) is 5.61. The summed E-state index contributed by atoms with van der Waals surface area (Å²) in [6.45, 7) is 1.45. The van der Waals surface area contributed by atoms with Crippen LogP contribution in [0.1, 0.15) is 31.3 Å². The topological polar surface area (TPSA) is 42.3 Å². The molecule has 1 saturated heterocycles. The minimum absolute atomic E-state index is 0.00258. The van der Waals surface area contributed by atoms with E-state index in [9.17, 15) is 17.2 Å². The normalized spacial score (nSPS) is 15.4. The van der Waals surface area contributed by atoms with Crippen LogP contribution in [0.3, 0.4) is 0 Å². The van der Waals surface area contributed by atoms with E-state index in [1.165, 1.54) is 12.1 Å². The Morgan fingerprint density at radius 2 is 1.76 bits per heavy atom. The van der Waals surface area contributed by atoms with Gasteiger partial charge in [-0.25, -0.2) is 21.2 Å². The van der Waals surface area contributed by atoms with Crippen LogP contribution in [0, 0.1) is 0 Å². The number of alkyl halides is 2. The molecule has 154 valence electrons. The highest BCUT2D eigenvalue weighted by molar-refractivity contribution is 9.10. The highest BCUT2D eigenvalue weighted by Gasteiger charge is 2.29. The van der Waals surface area contributed by atoms with Crippen LogP contribution in [-0.2, 0) is 10.0 Å². The monoisotopic (exact) mass is 502 g/mol. The average molecular weight is 504 g/mol. The van der Waals surface area contributed by atoms with Gasteiger partial charge >= 0.3 is 0 Å². The third kappa shape index (κ3) is 3.66. The second kappa shape index (κ2) is 7.89. The van der Waals surface area contributed by atoms with E-state index >= 15 is 0 Å². The van der Waals surface area contributed by atoms with Crippen LogP contribution < -0.4 is 4.90 Å². The number of halogens is 4. The van der Waals surface area contributed by atoms with Gasteiger partial charge in [0, 0.05) is 45.4 Å². The van der Waals surface area contributed by atoms with Crippen LogP contribution in [0.5, 0.6) is 0 Å². The lowest BCUT2D eigenvalue weighted by molar-refractivity contribution is 0.153. The molecule has 0 bridgehead atoms. The molecule has 0 aliphatic carbocycles. The number of fused-ring (bicyclic) bond motifs is 1. The lowest BCUT2D eigenvalue weighted by Crippen LogP contribution is -2.29. The summed E-state index contributed by atoms with van der Waals surface area (Å²) >= 11 is 9.55. The summed E-state index contributed by atoms with van der Waals surface area (Å²) in [6.07, 6.45) is 1.19. The van der Waals surface area contributed by atoms with Gasteiger partial charge in [-0.15, -0.1) is 0 Å². The number of anilines is 1. The van der Waals surface area contributed by atoms with Crippen LogP contribution in [-0.4, -0.2) is 25.5 Å². The summed E-state index contributed by atoms with van der Waals surface area (Å²) < 4.78 is 55.9. The van der Waals surface area contributed by atoms with Crippen molar-refractivity contribution in [3.8, 4) is 0 Å². The second-order valence-corrected chi connectivity index (χ2v) is 10.1. The Morgan fingerprint density at radius 1 is 1.07 bits per heavy atom. The van der Waals surface area contributed by atoms with Gasteiger partial charge in [-0.05, 0) is 59.5 Å². The molecule has 1 aliphatic rings. The fraction of sp³-hybridized carbons (Fsp3) is 0.300. The molecule has 0 radical (unpaired) electrons. The van der Waals surface area contributed by atoms with Crippen LogP contribution >= 0.6 is 27.5 Å². The van der Waals surface area contributed by atoms with Crippen molar-refractivity contribution in [1.82, 2.24) is 3.97 Å². The predicted octanol–water partition coefficient (Wildman–Crippen LogP) is 6.22. The molecular formula is C20H18BrClF2N2O2S. The van der Waals surface area contributed by atoms with Crippen molar-refractivity contribution >= 4 is 54.1 Å². The quantitative estimate of drug-likeness (QED) is 0.424. The fourth-order valence-corrected chi connectivity index (χ4v) is 6.35. The van der Waals surface area contributed by atoms with E-state index in [1.54, 1.807) is 24.3 Å². The molecular weight excluding hydrogens is 486 g/mol. The summed E-state index contributed by atoms with van der Waals surface area (Å²) in [5.74, 6) is 0. The maximum Gasteiger partial charge on any atom is 0.269 e. The zero-order chi connectivity index (χ0) is 20.8. The Balaban J connectivity index is 2.02. The molecule has 1 aromatic heterocycles. The maximum absolute atomic E-state index is 14.0. The Morgan fingerprint density at radius 3 is 2.41 bits per heavy atom. The van der Waals surface area contributed by atoms with E-state index in [2.05, 4.69) is 15.9 Å². The van der Waals surface area contributed by atoms with Crippen LogP contribution in [0.4, 0.5) is 14.5 Å². The van der Waals surface area contributed by atoms with E-state index in [0.29, 0.717) is 15.2 Å². The number of hydrogen-bond acceptors (Lipinski definition) is 3. The summed E-state index contributed by atoms with van der Waals surface area (Å²) in [5.41, 5.74) is 0.403. The second-order valence-electron chi connectivity index (χ2n) is 6.98. The van der Waals surface area contributed by atoms with Crippen molar-refractivity contribution in [2.75, 3.05) is 18.0 Å². The molecule has 0 saturated carbocycles. The first-order chi connectivity index (χ1) is 13.8. The zero-order valence-corrected chi connectivity index (χ0v) is 18.4. The maximum atomic E-state index is 14.0. The van der Waals surface area contributed by atoms with Crippen molar-refractivity contribution in [2.45, 2.75) is 30.6 Å². The largest absolute Gasteiger partial charge is 0.371 e. The van der Waals surface area contributed by atoms with E-state index in [-0.39, 0.29) is 21.4 Å². The lowest BCUT2D eigenvalue weighted by Gasteiger charge is -2.30. The molecule has 3 aromatic rings. The SMILES string of the molecule is O=S(=O)(c1ccccc1Br)n1cc(C(F)F)c2c(N3CCCCC3)cc(Cl)cc21. The Hall–Kier alpha value is -1.64. The van der Waals surface area contributed by atoms with Gasteiger partial charge in [0.15, 0.2) is 0 Å². The number of piperidine rings is 1. The molecule has 2 heterocycles. The third-order valence-electron chi connectivity index (χ3n) is 5.15. The van der Waals surface area contributed by atoms with Crippen molar-refractivity contribution in [3.63, 3.8) is 0 Å². The van der Waals surface area contributed by atoms with Crippen molar-refractivity contribution in [3.05, 3.63) is 57.7 Å². The van der Waals surface area contributed by atoms with Crippen molar-refractivity contribution < 1.29 is 17.2 Å². The number of aromatic nitrogens is 1. The summed E-state index contributed by atoms with van der Waals surface area (Å²) in [4.78, 5) is 2.01. The molecule has 29 heavy (non-hydrogen) atoms. The fourth-order valence-electron chi connectivity index (χ4n) is 3.82. The number of rotatable bonds is 4. The van der Waals surface area contributed by atoms with Gasteiger partial charge in [0.05, 0.1) is 5.52 Å². The predicted molar refractivity (Wildman–Crippen MR) is 115 cm³/mol. The lowest BCUT2D eigenvalue weighted by atomic mass is 10.1. The Bertz CT molecular complexity index is 1170. The molecule has 0 N–H and O–H groups in total. The summed E-state index contributed by atoms with van der Waals surface area (Å²) in [7, 11) is -4.11. The summed E-state index contributed by atoms with van der Waals surface area (Å²) in [6, 6.07) is 9.39. The van der Waals surface area contributed by atoms with Crippen LogP contribution in [0.25, 0.3) is 10.9 Å². The zero-order valence-electron chi connectivity index (χ0n) is 15.3. The molecule has 0 amide bonds. The molecule has 1 aliphatic heterocycles. The van der Waals surface area contributed by atoms with Gasteiger partial charge in [0.25, 0.3) is 16.4 Å².